The van der Waals surface area contributed by atoms with Crippen LogP contribution in [0.4, 0.5) is 5.69 Å². The summed E-state index contributed by atoms with van der Waals surface area (Å²) in [5.41, 5.74) is 7.04. The average Bonchev–Trinajstić information content (AvgIpc) is 2.69. The zero-order valence-electron chi connectivity index (χ0n) is 17.4. The normalized spacial score (nSPS) is 12.0. The first-order chi connectivity index (χ1) is 13.4. The molecule has 28 heavy (non-hydrogen) atoms. The van der Waals surface area contributed by atoms with Crippen LogP contribution in [-0.2, 0) is 0 Å². The summed E-state index contributed by atoms with van der Waals surface area (Å²) < 4.78 is 3.98. The van der Waals surface area contributed by atoms with E-state index in [4.69, 9.17) is 0 Å². The van der Waals surface area contributed by atoms with Gasteiger partial charge < -0.3 is 9.14 Å². The van der Waals surface area contributed by atoms with Crippen molar-refractivity contribution in [3.05, 3.63) is 97.6 Å². The highest BCUT2D eigenvalue weighted by Gasteiger charge is 2.16. The van der Waals surface area contributed by atoms with E-state index < -0.39 is 0 Å². The van der Waals surface area contributed by atoms with Crippen LogP contribution in [0.5, 0.6) is 0 Å². The molecule has 0 atom stereocenters. The lowest BCUT2D eigenvalue weighted by atomic mass is 9.92. The first kappa shape index (κ1) is 19.8. The smallest absolute Gasteiger partial charge is 0.112 e. The highest BCUT2D eigenvalue weighted by atomic mass is 15.0. The fraction of sp³-hybridized carbons (Fsp3) is 0.231. The molecule has 2 heteroatoms. The van der Waals surface area contributed by atoms with E-state index in [-0.39, 0.29) is 0 Å². The number of hydrogen-bond donors (Lipinski definition) is 0. The van der Waals surface area contributed by atoms with Crippen LogP contribution in [0.2, 0.25) is 0 Å². The molecule has 0 saturated carbocycles. The topological polar surface area (TPSA) is 6.89 Å². The van der Waals surface area contributed by atoms with Crippen LogP contribution in [-0.4, -0.2) is 10.8 Å². The van der Waals surface area contributed by atoms with Crippen molar-refractivity contribution < 1.29 is 9.14 Å². The first-order valence-corrected chi connectivity index (χ1v) is 9.89. The minimum absolute atomic E-state index is 0.425. The predicted octanol–water partition coefficient (Wildman–Crippen LogP) is 6.08. The molecule has 1 heterocycles. The third-order valence-corrected chi connectivity index (χ3v) is 5.11. The second-order valence-electron chi connectivity index (χ2n) is 7.82. The molecular formula is C26H30N2. The van der Waals surface area contributed by atoms with Gasteiger partial charge in [0.15, 0.2) is 0 Å². The van der Waals surface area contributed by atoms with Gasteiger partial charge in [-0.05, 0) is 34.6 Å². The van der Waals surface area contributed by atoms with E-state index in [1.807, 2.05) is 27.3 Å². The number of pyridine rings is 1. The van der Waals surface area contributed by atoms with E-state index in [2.05, 4.69) is 96.5 Å². The van der Waals surface area contributed by atoms with Crippen LogP contribution in [0, 0.1) is 14.1 Å². The second kappa shape index (κ2) is 8.35. The molecule has 0 N–H and O–H groups in total. The second-order valence-corrected chi connectivity index (χ2v) is 7.82. The van der Waals surface area contributed by atoms with Gasteiger partial charge in [0.25, 0.3) is 0 Å². The average molecular weight is 371 g/mol. The molecule has 1 aromatic heterocycles. The van der Waals surface area contributed by atoms with Gasteiger partial charge >= 0.3 is 0 Å². The number of rotatable bonds is 5. The van der Waals surface area contributed by atoms with Crippen LogP contribution in [0.15, 0.2) is 66.7 Å². The van der Waals surface area contributed by atoms with Crippen molar-refractivity contribution in [2.24, 2.45) is 0 Å². The fourth-order valence-corrected chi connectivity index (χ4v) is 3.60. The van der Waals surface area contributed by atoms with Crippen molar-refractivity contribution >= 4 is 11.9 Å². The maximum atomic E-state index is 4.37. The van der Waals surface area contributed by atoms with Gasteiger partial charge in [-0.1, -0.05) is 88.4 Å². The summed E-state index contributed by atoms with van der Waals surface area (Å²) in [6, 6.07) is 23.1. The zero-order chi connectivity index (χ0) is 20.3. The number of para-hydroxylation sites is 1. The van der Waals surface area contributed by atoms with Crippen molar-refractivity contribution in [2.45, 2.75) is 39.5 Å². The molecule has 0 aliphatic carbocycles. The Labute approximate surface area is 169 Å². The lowest BCUT2D eigenvalue weighted by Gasteiger charge is -2.21. The molecule has 0 aliphatic heterocycles. The molecule has 0 spiro atoms. The van der Waals surface area contributed by atoms with Gasteiger partial charge in [0, 0.05) is 14.1 Å². The fourth-order valence-electron chi connectivity index (χ4n) is 3.60. The highest BCUT2D eigenvalue weighted by molar-refractivity contribution is 5.73. The third-order valence-electron chi connectivity index (χ3n) is 5.11. The van der Waals surface area contributed by atoms with E-state index in [1.165, 1.54) is 16.8 Å². The first-order valence-electron chi connectivity index (χ1n) is 9.89. The van der Waals surface area contributed by atoms with E-state index in [0.717, 1.165) is 17.0 Å². The molecule has 0 radical (unpaired) electrons. The minimum Gasteiger partial charge on any atom is -0.338 e. The number of nitrogens with zero attached hydrogens (tertiary/aromatic N) is 2. The zero-order valence-corrected chi connectivity index (χ0v) is 17.4. The Morgan fingerprint density at radius 2 is 1.36 bits per heavy atom. The van der Waals surface area contributed by atoms with Gasteiger partial charge in [0.2, 0.25) is 0 Å². The molecule has 2 aromatic carbocycles. The summed E-state index contributed by atoms with van der Waals surface area (Å²) in [6.45, 7) is 8.92. The van der Waals surface area contributed by atoms with Crippen LogP contribution in [0.25, 0.3) is 11.3 Å². The van der Waals surface area contributed by atoms with Gasteiger partial charge in [-0.25, -0.2) is 0 Å². The standard InChI is InChI=1S/C26H30N2/c1-19(2)23-15-11-16-24(20(3)4)26(23)27(5)18-22-14-10-17-25(28(22)6)21-12-8-7-9-13-21/h7-20H,5-6H2,1-4H3. The monoisotopic (exact) mass is 370 g/mol. The van der Waals surface area contributed by atoms with E-state index in [9.17, 15) is 0 Å². The molecule has 0 bridgehead atoms. The minimum atomic E-state index is 0.425. The lowest BCUT2D eigenvalue weighted by molar-refractivity contribution is -0.603. The maximum absolute atomic E-state index is 4.37. The van der Waals surface area contributed by atoms with Gasteiger partial charge in [0.05, 0.1) is 6.21 Å². The van der Waals surface area contributed by atoms with Crippen molar-refractivity contribution in [3.63, 3.8) is 0 Å². The quantitative estimate of drug-likeness (QED) is 0.292. The van der Waals surface area contributed by atoms with Gasteiger partial charge in [-0.2, -0.15) is 0 Å². The number of benzene rings is 2. The Morgan fingerprint density at radius 1 is 0.786 bits per heavy atom. The highest BCUT2D eigenvalue weighted by Crippen LogP contribution is 2.34. The Hall–Kier alpha value is -3.00. The summed E-state index contributed by atoms with van der Waals surface area (Å²) in [4.78, 5) is 0. The van der Waals surface area contributed by atoms with Crippen LogP contribution >= 0.6 is 0 Å². The van der Waals surface area contributed by atoms with E-state index in [0.29, 0.717) is 11.8 Å². The molecule has 0 amide bonds. The molecule has 0 aliphatic rings. The summed E-state index contributed by atoms with van der Waals surface area (Å²) in [7, 11) is 8.66. The summed E-state index contributed by atoms with van der Waals surface area (Å²) in [6.07, 6.45) is 2.08. The molecular weight excluding hydrogens is 340 g/mol. The van der Waals surface area contributed by atoms with Crippen LogP contribution < -0.4 is 4.57 Å². The van der Waals surface area contributed by atoms with Crippen LogP contribution in [0.1, 0.15) is 56.4 Å². The van der Waals surface area contributed by atoms with Gasteiger partial charge in [-0.15, -0.1) is 0 Å². The van der Waals surface area contributed by atoms with Crippen molar-refractivity contribution in [3.8, 4) is 11.3 Å². The van der Waals surface area contributed by atoms with Crippen molar-refractivity contribution in [2.75, 3.05) is 0 Å². The van der Waals surface area contributed by atoms with Crippen molar-refractivity contribution in [1.29, 1.82) is 0 Å². The largest absolute Gasteiger partial charge is 0.338 e. The number of hydrogen-bond acceptors (Lipinski definition) is 0. The Morgan fingerprint density at radius 3 is 1.93 bits per heavy atom. The van der Waals surface area contributed by atoms with Gasteiger partial charge in [-0.3, -0.25) is 0 Å². The molecule has 0 saturated heterocycles. The number of aromatic nitrogens is 1. The lowest BCUT2D eigenvalue weighted by Crippen LogP contribution is -2.34. The summed E-state index contributed by atoms with van der Waals surface area (Å²) >= 11 is 0. The Bertz CT molecular complexity index is 956. The molecule has 2 nitrogen and oxygen atoms in total. The predicted molar refractivity (Wildman–Crippen MR) is 118 cm³/mol. The molecule has 3 rings (SSSR count). The van der Waals surface area contributed by atoms with Crippen molar-refractivity contribution in [1.82, 2.24) is 0 Å². The summed E-state index contributed by atoms with van der Waals surface area (Å²) in [5, 5.41) is 0. The SMILES string of the molecule is [CH2-]/[N+](=C\c1cccc(-c2ccccc2)[n+]1[CH2-])c1c(C(C)C)cccc1C(C)C. The maximum Gasteiger partial charge on any atom is 0.112 e. The molecule has 0 fully saturated rings. The molecule has 144 valence electrons. The van der Waals surface area contributed by atoms with Crippen LogP contribution in [0.3, 0.4) is 0 Å². The third kappa shape index (κ3) is 3.96. The van der Waals surface area contributed by atoms with E-state index in [1.54, 1.807) is 0 Å². The Balaban J connectivity index is 2.14. The van der Waals surface area contributed by atoms with E-state index >= 15 is 0 Å². The molecule has 3 aromatic rings. The molecule has 0 unspecified atom stereocenters. The summed E-state index contributed by atoms with van der Waals surface area (Å²) in [5.74, 6) is 0.850. The van der Waals surface area contributed by atoms with Gasteiger partial charge in [0.1, 0.15) is 17.1 Å². The Kier molecular flexibility index (Phi) is 5.89.